The number of phenols is 1. The smallest absolute Gasteiger partial charge is 0.354 e. The van der Waals surface area contributed by atoms with Crippen molar-refractivity contribution < 1.29 is 19.8 Å². The lowest BCUT2D eigenvalue weighted by Gasteiger charge is -2.10. The zero-order valence-corrected chi connectivity index (χ0v) is 18.7. The van der Waals surface area contributed by atoms with E-state index in [0.717, 1.165) is 22.3 Å². The van der Waals surface area contributed by atoms with Gasteiger partial charge in [-0.05, 0) is 41.5 Å². The van der Waals surface area contributed by atoms with Crippen LogP contribution in [0.1, 0.15) is 21.7 Å². The van der Waals surface area contributed by atoms with Gasteiger partial charge in [0, 0.05) is 23.7 Å². The zero-order valence-electron chi connectivity index (χ0n) is 17.9. The molecular formula is C26H18ClN3O4. The van der Waals surface area contributed by atoms with Gasteiger partial charge in [0.25, 0.3) is 5.91 Å². The summed E-state index contributed by atoms with van der Waals surface area (Å²) in [6, 6.07) is 19.7. The Labute approximate surface area is 199 Å². The first-order chi connectivity index (χ1) is 16.3. The van der Waals surface area contributed by atoms with Crippen molar-refractivity contribution in [2.45, 2.75) is 0 Å². The first-order valence-electron chi connectivity index (χ1n) is 10.3. The van der Waals surface area contributed by atoms with Crippen LogP contribution in [0.25, 0.3) is 33.9 Å². The average Bonchev–Trinajstić information content (AvgIpc) is 3.32. The number of nitrogens with one attached hydrogen (secondary N) is 1. The number of aromatic nitrogens is 2. The number of carbonyl (C=O) groups is 2. The van der Waals surface area contributed by atoms with E-state index in [0.29, 0.717) is 27.5 Å². The van der Waals surface area contributed by atoms with Crippen molar-refractivity contribution in [3.8, 4) is 28.0 Å². The Bertz CT molecular complexity index is 1500. The highest BCUT2D eigenvalue weighted by Gasteiger charge is 2.26. The fourth-order valence-corrected chi connectivity index (χ4v) is 4.30. The minimum atomic E-state index is -1.10. The van der Waals surface area contributed by atoms with Crippen molar-refractivity contribution >= 4 is 40.8 Å². The molecule has 0 fully saturated rings. The lowest BCUT2D eigenvalue weighted by atomic mass is 9.96. The number of fused-ring (bicyclic) bond motifs is 1. The number of carboxylic acids is 1. The molecule has 2 heterocycles. The molecule has 34 heavy (non-hydrogen) atoms. The SMILES string of the molecule is Cn1nc(C=C2C(=O)Nc3cc(Cl)c(-c4ccc(-c5ccccc5O)cc4)cc32)cc1C(=O)O. The molecule has 168 valence electrons. The number of para-hydroxylation sites is 1. The standard InChI is InChI=1S/C26H18ClN3O4/c1-30-23(26(33)34)11-16(29-30)10-20-19-12-18(21(27)13-22(19)28-25(20)32)15-8-6-14(7-9-15)17-4-2-3-5-24(17)31/h2-13,31H,1H3,(H,28,32)(H,33,34). The monoisotopic (exact) mass is 471 g/mol. The summed E-state index contributed by atoms with van der Waals surface area (Å²) in [6.07, 6.45) is 1.56. The molecule has 0 saturated carbocycles. The number of carboxylic acid groups (broad SMARTS) is 1. The predicted molar refractivity (Wildman–Crippen MR) is 131 cm³/mol. The number of aromatic carboxylic acids is 1. The van der Waals surface area contributed by atoms with E-state index in [-0.39, 0.29) is 17.4 Å². The van der Waals surface area contributed by atoms with Crippen LogP contribution < -0.4 is 5.32 Å². The van der Waals surface area contributed by atoms with Crippen LogP contribution >= 0.6 is 11.6 Å². The van der Waals surface area contributed by atoms with Gasteiger partial charge in [-0.15, -0.1) is 0 Å². The van der Waals surface area contributed by atoms with E-state index < -0.39 is 5.97 Å². The summed E-state index contributed by atoms with van der Waals surface area (Å²) in [6.45, 7) is 0. The van der Waals surface area contributed by atoms with E-state index >= 15 is 0 Å². The molecule has 7 nitrogen and oxygen atoms in total. The molecule has 1 aromatic heterocycles. The van der Waals surface area contributed by atoms with Crippen LogP contribution in [0.3, 0.4) is 0 Å². The first-order valence-corrected chi connectivity index (χ1v) is 10.7. The Morgan fingerprint density at radius 2 is 1.68 bits per heavy atom. The molecule has 1 aliphatic rings. The van der Waals surface area contributed by atoms with Gasteiger partial charge in [-0.25, -0.2) is 4.79 Å². The van der Waals surface area contributed by atoms with E-state index in [1.54, 1.807) is 24.3 Å². The van der Waals surface area contributed by atoms with Crippen LogP contribution in [0.4, 0.5) is 5.69 Å². The topological polar surface area (TPSA) is 104 Å². The Balaban J connectivity index is 1.54. The third-order valence-electron chi connectivity index (χ3n) is 5.71. The molecule has 3 N–H and O–H groups in total. The lowest BCUT2D eigenvalue weighted by molar-refractivity contribution is -0.110. The van der Waals surface area contributed by atoms with Crippen LogP contribution in [0.2, 0.25) is 5.02 Å². The van der Waals surface area contributed by atoms with Gasteiger partial charge in [0.05, 0.1) is 22.0 Å². The largest absolute Gasteiger partial charge is 0.507 e. The van der Waals surface area contributed by atoms with E-state index in [9.17, 15) is 19.8 Å². The van der Waals surface area contributed by atoms with Gasteiger partial charge in [0.2, 0.25) is 0 Å². The number of nitrogens with zero attached hydrogens (tertiary/aromatic N) is 2. The van der Waals surface area contributed by atoms with Gasteiger partial charge in [-0.1, -0.05) is 54.1 Å². The van der Waals surface area contributed by atoms with Crippen molar-refractivity contribution in [1.82, 2.24) is 9.78 Å². The van der Waals surface area contributed by atoms with Gasteiger partial charge in [-0.2, -0.15) is 5.10 Å². The molecule has 5 rings (SSSR count). The average molecular weight is 472 g/mol. The summed E-state index contributed by atoms with van der Waals surface area (Å²) in [4.78, 5) is 24.0. The molecule has 1 amide bonds. The predicted octanol–water partition coefficient (Wildman–Crippen LogP) is 5.30. The number of aromatic hydroxyl groups is 1. The highest BCUT2D eigenvalue weighted by Crippen LogP contribution is 2.41. The molecule has 0 unspecified atom stereocenters. The van der Waals surface area contributed by atoms with Gasteiger partial charge in [0.1, 0.15) is 11.4 Å². The molecule has 8 heteroatoms. The molecule has 1 aliphatic heterocycles. The fraction of sp³-hybridized carbons (Fsp3) is 0.0385. The first kappa shape index (κ1) is 21.5. The second-order valence-electron chi connectivity index (χ2n) is 7.87. The van der Waals surface area contributed by atoms with Crippen molar-refractivity contribution in [1.29, 1.82) is 0 Å². The summed E-state index contributed by atoms with van der Waals surface area (Å²) >= 11 is 6.55. The minimum Gasteiger partial charge on any atom is -0.507 e. The number of hydrogen-bond donors (Lipinski definition) is 3. The van der Waals surface area contributed by atoms with E-state index in [1.807, 2.05) is 42.5 Å². The van der Waals surface area contributed by atoms with Crippen molar-refractivity contribution in [2.75, 3.05) is 5.32 Å². The number of carbonyl (C=O) groups excluding carboxylic acids is 1. The third-order valence-corrected chi connectivity index (χ3v) is 6.02. The van der Waals surface area contributed by atoms with Gasteiger partial charge in [0.15, 0.2) is 0 Å². The number of halogens is 1. The van der Waals surface area contributed by atoms with Crippen LogP contribution in [-0.2, 0) is 11.8 Å². The Kier molecular flexibility index (Phi) is 5.18. The molecule has 0 bridgehead atoms. The van der Waals surface area contributed by atoms with E-state index in [4.69, 9.17) is 11.6 Å². The summed E-state index contributed by atoms with van der Waals surface area (Å²) in [5, 5.41) is 26.8. The summed E-state index contributed by atoms with van der Waals surface area (Å²) in [5.74, 6) is -1.22. The molecule has 0 atom stereocenters. The van der Waals surface area contributed by atoms with Gasteiger partial charge >= 0.3 is 5.97 Å². The van der Waals surface area contributed by atoms with Crippen molar-refractivity contribution in [3.63, 3.8) is 0 Å². The van der Waals surface area contributed by atoms with E-state index in [2.05, 4.69) is 10.4 Å². The molecule has 0 aliphatic carbocycles. The molecule has 3 aromatic carbocycles. The molecule has 0 spiro atoms. The third kappa shape index (κ3) is 3.72. The second-order valence-corrected chi connectivity index (χ2v) is 8.27. The van der Waals surface area contributed by atoms with Crippen LogP contribution in [0.5, 0.6) is 5.75 Å². The number of anilines is 1. The highest BCUT2D eigenvalue weighted by atomic mass is 35.5. The van der Waals surface area contributed by atoms with Gasteiger partial charge in [-0.3, -0.25) is 9.48 Å². The van der Waals surface area contributed by atoms with Crippen LogP contribution in [0.15, 0.2) is 66.7 Å². The Morgan fingerprint density at radius 1 is 1.00 bits per heavy atom. The maximum atomic E-state index is 12.7. The number of rotatable bonds is 4. The number of hydrogen-bond acceptors (Lipinski definition) is 4. The van der Waals surface area contributed by atoms with Crippen LogP contribution in [-0.4, -0.2) is 31.9 Å². The Hall–Kier alpha value is -4.36. The maximum absolute atomic E-state index is 12.7. The summed E-state index contributed by atoms with van der Waals surface area (Å²) < 4.78 is 1.25. The summed E-state index contributed by atoms with van der Waals surface area (Å²) in [5.41, 5.74) is 5.14. The molecule has 0 saturated heterocycles. The van der Waals surface area contributed by atoms with E-state index in [1.165, 1.54) is 17.8 Å². The zero-order chi connectivity index (χ0) is 24.0. The Morgan fingerprint density at radius 3 is 2.32 bits per heavy atom. The summed E-state index contributed by atoms with van der Waals surface area (Å²) in [7, 11) is 1.53. The molecule has 0 radical (unpaired) electrons. The highest BCUT2D eigenvalue weighted by molar-refractivity contribution is 6.38. The normalized spacial score (nSPS) is 13.7. The molecular weight excluding hydrogens is 454 g/mol. The minimum absolute atomic E-state index is 0.0202. The van der Waals surface area contributed by atoms with Crippen LogP contribution in [0, 0.1) is 0 Å². The van der Waals surface area contributed by atoms with Gasteiger partial charge < -0.3 is 15.5 Å². The fourth-order valence-electron chi connectivity index (χ4n) is 4.03. The van der Waals surface area contributed by atoms with Crippen molar-refractivity contribution in [2.24, 2.45) is 7.05 Å². The second kappa shape index (κ2) is 8.20. The maximum Gasteiger partial charge on any atom is 0.354 e. The number of aryl methyl sites for hydroxylation is 1. The lowest BCUT2D eigenvalue weighted by Crippen LogP contribution is -2.04. The quantitative estimate of drug-likeness (QED) is 0.350. The number of benzene rings is 3. The van der Waals surface area contributed by atoms with Crippen molar-refractivity contribution in [3.05, 3.63) is 88.7 Å². The number of amides is 1. The number of phenolic OH excluding ortho intramolecular Hbond substituents is 1. The molecule has 4 aromatic rings.